The Bertz CT molecular complexity index is 116. The lowest BCUT2D eigenvalue weighted by atomic mass is 9.85. The van der Waals surface area contributed by atoms with Gasteiger partial charge in [-0.2, -0.15) is 0 Å². The van der Waals surface area contributed by atoms with Gasteiger partial charge in [0.2, 0.25) is 0 Å². The molecule has 12 heavy (non-hydrogen) atoms. The van der Waals surface area contributed by atoms with Gasteiger partial charge in [-0.1, -0.05) is 27.7 Å². The Morgan fingerprint density at radius 3 is 2.00 bits per heavy atom. The zero-order valence-corrected chi connectivity index (χ0v) is 9.57. The van der Waals surface area contributed by atoms with Crippen LogP contribution in [0.4, 0.5) is 0 Å². The fourth-order valence-electron chi connectivity index (χ4n) is 1.59. The molecular formula is C11H25N. The highest BCUT2D eigenvalue weighted by atomic mass is 14.9. The van der Waals surface area contributed by atoms with Gasteiger partial charge in [-0.3, -0.25) is 0 Å². The van der Waals surface area contributed by atoms with Gasteiger partial charge < -0.3 is 5.32 Å². The third-order valence-corrected chi connectivity index (χ3v) is 2.63. The first kappa shape index (κ1) is 12.0. The fraction of sp³-hybridized carbons (Fsp3) is 1.00. The minimum atomic E-state index is 0.304. The van der Waals surface area contributed by atoms with E-state index in [0.717, 1.165) is 18.4 Å². The van der Waals surface area contributed by atoms with Gasteiger partial charge in [0.25, 0.3) is 0 Å². The molecule has 1 N–H and O–H groups in total. The van der Waals surface area contributed by atoms with Crippen LogP contribution in [0.5, 0.6) is 0 Å². The van der Waals surface area contributed by atoms with Crippen molar-refractivity contribution in [2.75, 3.05) is 6.54 Å². The van der Waals surface area contributed by atoms with Crippen LogP contribution in [0.25, 0.3) is 0 Å². The van der Waals surface area contributed by atoms with Crippen LogP contribution < -0.4 is 5.32 Å². The number of hydrogen-bond acceptors (Lipinski definition) is 1. The van der Waals surface area contributed by atoms with E-state index in [2.05, 4.69) is 46.9 Å². The summed E-state index contributed by atoms with van der Waals surface area (Å²) in [4.78, 5) is 0. The van der Waals surface area contributed by atoms with Gasteiger partial charge in [-0.05, 0) is 38.6 Å². The lowest BCUT2D eigenvalue weighted by Crippen LogP contribution is -2.41. The molecule has 0 spiro atoms. The van der Waals surface area contributed by atoms with Crippen molar-refractivity contribution in [1.29, 1.82) is 0 Å². The topological polar surface area (TPSA) is 12.0 Å². The third-order valence-electron chi connectivity index (χ3n) is 2.63. The van der Waals surface area contributed by atoms with Gasteiger partial charge in [-0.15, -0.1) is 0 Å². The predicted molar refractivity (Wildman–Crippen MR) is 56.4 cm³/mol. The Labute approximate surface area is 77.9 Å². The van der Waals surface area contributed by atoms with Gasteiger partial charge in [-0.25, -0.2) is 0 Å². The zero-order chi connectivity index (χ0) is 9.78. The molecule has 0 saturated heterocycles. The Hall–Kier alpha value is -0.0400. The van der Waals surface area contributed by atoms with Gasteiger partial charge in [0.15, 0.2) is 0 Å². The van der Waals surface area contributed by atoms with E-state index in [-0.39, 0.29) is 0 Å². The highest BCUT2D eigenvalue weighted by Gasteiger charge is 2.20. The van der Waals surface area contributed by atoms with Crippen molar-refractivity contribution < 1.29 is 0 Å². The molecule has 1 atom stereocenters. The van der Waals surface area contributed by atoms with E-state index in [1.165, 1.54) is 6.42 Å². The summed E-state index contributed by atoms with van der Waals surface area (Å²) < 4.78 is 0. The van der Waals surface area contributed by atoms with Crippen LogP contribution >= 0.6 is 0 Å². The summed E-state index contributed by atoms with van der Waals surface area (Å²) in [7, 11) is 0. The van der Waals surface area contributed by atoms with Gasteiger partial charge in [0, 0.05) is 5.54 Å². The molecule has 0 heterocycles. The molecule has 0 rings (SSSR count). The summed E-state index contributed by atoms with van der Waals surface area (Å²) in [5.41, 5.74) is 0.304. The summed E-state index contributed by atoms with van der Waals surface area (Å²) in [6.07, 6.45) is 1.26. The summed E-state index contributed by atoms with van der Waals surface area (Å²) in [5.74, 6) is 1.60. The second kappa shape index (κ2) is 4.86. The summed E-state index contributed by atoms with van der Waals surface area (Å²) in [5, 5.41) is 3.51. The maximum Gasteiger partial charge on any atom is 0.0127 e. The SMILES string of the molecule is CCNC(C)(C)CC(C)C(C)C. The van der Waals surface area contributed by atoms with Crippen molar-refractivity contribution in [1.82, 2.24) is 5.32 Å². The van der Waals surface area contributed by atoms with Crippen LogP contribution in [0.3, 0.4) is 0 Å². The first-order valence-electron chi connectivity index (χ1n) is 5.14. The van der Waals surface area contributed by atoms with Crippen molar-refractivity contribution in [3.8, 4) is 0 Å². The molecule has 0 bridgehead atoms. The molecule has 0 amide bonds. The molecule has 0 aromatic carbocycles. The molecule has 1 nitrogen and oxygen atoms in total. The van der Waals surface area contributed by atoms with E-state index in [1.807, 2.05) is 0 Å². The second-order valence-corrected chi connectivity index (χ2v) is 4.84. The summed E-state index contributed by atoms with van der Waals surface area (Å²) in [6.45, 7) is 14.7. The molecule has 0 radical (unpaired) electrons. The van der Waals surface area contributed by atoms with Gasteiger partial charge in [0.05, 0.1) is 0 Å². The van der Waals surface area contributed by atoms with Crippen molar-refractivity contribution in [2.45, 2.75) is 53.5 Å². The number of rotatable bonds is 5. The Kier molecular flexibility index (Phi) is 4.84. The lowest BCUT2D eigenvalue weighted by molar-refractivity contribution is 0.269. The number of nitrogens with one attached hydrogen (secondary N) is 1. The molecule has 0 aliphatic carbocycles. The maximum atomic E-state index is 3.51. The quantitative estimate of drug-likeness (QED) is 0.670. The van der Waals surface area contributed by atoms with Crippen LogP contribution in [0.1, 0.15) is 48.0 Å². The van der Waals surface area contributed by atoms with Crippen molar-refractivity contribution in [2.24, 2.45) is 11.8 Å². The smallest absolute Gasteiger partial charge is 0.0127 e. The van der Waals surface area contributed by atoms with Crippen LogP contribution in [-0.2, 0) is 0 Å². The molecule has 1 heteroatoms. The predicted octanol–water partition coefficient (Wildman–Crippen LogP) is 3.06. The van der Waals surface area contributed by atoms with Gasteiger partial charge in [0.1, 0.15) is 0 Å². The normalized spacial score (nSPS) is 15.2. The molecule has 0 aliphatic rings. The highest BCUT2D eigenvalue weighted by molar-refractivity contribution is 4.79. The molecule has 0 aliphatic heterocycles. The summed E-state index contributed by atoms with van der Waals surface area (Å²) >= 11 is 0. The van der Waals surface area contributed by atoms with Crippen LogP contribution in [-0.4, -0.2) is 12.1 Å². The van der Waals surface area contributed by atoms with E-state index in [4.69, 9.17) is 0 Å². The third kappa shape index (κ3) is 4.76. The Balaban J connectivity index is 3.87. The first-order chi connectivity index (χ1) is 5.39. The molecule has 0 aromatic heterocycles. The minimum absolute atomic E-state index is 0.304. The monoisotopic (exact) mass is 171 g/mol. The largest absolute Gasteiger partial charge is 0.312 e. The lowest BCUT2D eigenvalue weighted by Gasteiger charge is -2.30. The molecule has 74 valence electrons. The second-order valence-electron chi connectivity index (χ2n) is 4.84. The van der Waals surface area contributed by atoms with E-state index in [0.29, 0.717) is 5.54 Å². The van der Waals surface area contributed by atoms with Gasteiger partial charge >= 0.3 is 0 Å². The number of hydrogen-bond donors (Lipinski definition) is 1. The standard InChI is InChI=1S/C11H25N/c1-7-12-11(5,6)8-10(4)9(2)3/h9-10,12H,7-8H2,1-6H3. The molecule has 0 aromatic rings. The van der Waals surface area contributed by atoms with E-state index < -0.39 is 0 Å². The Morgan fingerprint density at radius 2 is 1.67 bits per heavy atom. The van der Waals surface area contributed by atoms with E-state index >= 15 is 0 Å². The van der Waals surface area contributed by atoms with E-state index in [9.17, 15) is 0 Å². The van der Waals surface area contributed by atoms with Crippen LogP contribution in [0.2, 0.25) is 0 Å². The Morgan fingerprint density at radius 1 is 1.17 bits per heavy atom. The molecule has 0 saturated carbocycles. The van der Waals surface area contributed by atoms with Crippen molar-refractivity contribution in [3.63, 3.8) is 0 Å². The van der Waals surface area contributed by atoms with E-state index in [1.54, 1.807) is 0 Å². The average Bonchev–Trinajstić information content (AvgIpc) is 1.85. The van der Waals surface area contributed by atoms with Crippen LogP contribution in [0, 0.1) is 11.8 Å². The van der Waals surface area contributed by atoms with Crippen molar-refractivity contribution in [3.05, 3.63) is 0 Å². The average molecular weight is 171 g/mol. The summed E-state index contributed by atoms with van der Waals surface area (Å²) in [6, 6.07) is 0. The highest BCUT2D eigenvalue weighted by Crippen LogP contribution is 2.21. The fourth-order valence-corrected chi connectivity index (χ4v) is 1.59. The first-order valence-corrected chi connectivity index (χ1v) is 5.14. The van der Waals surface area contributed by atoms with Crippen LogP contribution in [0.15, 0.2) is 0 Å². The maximum absolute atomic E-state index is 3.51. The minimum Gasteiger partial charge on any atom is -0.312 e. The van der Waals surface area contributed by atoms with Crippen molar-refractivity contribution >= 4 is 0 Å². The zero-order valence-electron chi connectivity index (χ0n) is 9.57. The molecule has 1 unspecified atom stereocenters. The molecule has 0 fully saturated rings. The molecular weight excluding hydrogens is 146 g/mol.